The molecule has 1 aromatic carbocycles. The summed E-state index contributed by atoms with van der Waals surface area (Å²) in [6, 6.07) is 5.07. The van der Waals surface area contributed by atoms with E-state index in [0.717, 1.165) is 31.5 Å². The molecule has 13 heavy (non-hydrogen) atoms. The van der Waals surface area contributed by atoms with Crippen LogP contribution in [-0.2, 0) is 6.61 Å². The first kappa shape index (κ1) is 9.12. The number of rotatable bonds is 1. The summed E-state index contributed by atoms with van der Waals surface area (Å²) < 4.78 is 14.7. The summed E-state index contributed by atoms with van der Waals surface area (Å²) in [4.78, 5) is 0. The number of aliphatic hydroxyl groups is 1. The maximum Gasteiger partial charge on any atom is 0.177 e. The van der Waals surface area contributed by atoms with Crippen LogP contribution in [-0.4, -0.2) is 5.11 Å². The zero-order valence-corrected chi connectivity index (χ0v) is 8.95. The Morgan fingerprint density at radius 2 is 2.23 bits per heavy atom. The van der Waals surface area contributed by atoms with Crippen molar-refractivity contribution in [1.82, 2.24) is 0 Å². The van der Waals surface area contributed by atoms with Gasteiger partial charge in [-0.15, -0.1) is 11.3 Å². The van der Waals surface area contributed by atoms with Crippen LogP contribution >= 0.6 is 27.3 Å². The predicted octanol–water partition coefficient (Wildman–Crippen LogP) is 3.30. The molecule has 1 nitrogen and oxygen atoms in total. The molecule has 0 fully saturated rings. The predicted molar refractivity (Wildman–Crippen MR) is 55.4 cm³/mol. The molecule has 0 aliphatic carbocycles. The molecule has 0 unspecified atom stereocenters. The van der Waals surface area contributed by atoms with Crippen molar-refractivity contribution < 1.29 is 9.50 Å². The highest BCUT2D eigenvalue weighted by Gasteiger charge is 2.08. The molecule has 2 aromatic rings. The van der Waals surface area contributed by atoms with Gasteiger partial charge < -0.3 is 5.11 Å². The number of hydrogen-bond donors (Lipinski definition) is 1. The number of fused-ring (bicyclic) bond motifs is 1. The van der Waals surface area contributed by atoms with Crippen LogP contribution in [0.5, 0.6) is 0 Å². The highest BCUT2D eigenvalue weighted by atomic mass is 79.9. The normalized spacial score (nSPS) is 11.0. The summed E-state index contributed by atoms with van der Waals surface area (Å²) in [6.07, 6.45) is 0. The maximum atomic E-state index is 12.9. The van der Waals surface area contributed by atoms with Gasteiger partial charge in [-0.1, -0.05) is 6.07 Å². The smallest absolute Gasteiger partial charge is 0.177 e. The summed E-state index contributed by atoms with van der Waals surface area (Å²) >= 11 is 4.42. The maximum absolute atomic E-state index is 12.9. The Bertz CT molecular complexity index is 452. The fourth-order valence-corrected chi connectivity index (χ4v) is 2.68. The topological polar surface area (TPSA) is 20.2 Å². The molecule has 0 spiro atoms. The lowest BCUT2D eigenvalue weighted by Crippen LogP contribution is -1.82. The lowest BCUT2D eigenvalue weighted by Gasteiger charge is -1.99. The molecule has 0 aliphatic heterocycles. The zero-order valence-electron chi connectivity index (χ0n) is 6.55. The average Bonchev–Trinajstić information content (AvgIpc) is 2.48. The Balaban J connectivity index is 2.83. The van der Waals surface area contributed by atoms with Gasteiger partial charge >= 0.3 is 0 Å². The van der Waals surface area contributed by atoms with Crippen molar-refractivity contribution in [3.05, 3.63) is 33.4 Å². The standard InChI is InChI=1S/C9H6BrFOS/c10-7-2-1-5(4-12)6-3-8(11)13-9(6)7/h1-3,12H,4H2. The third kappa shape index (κ3) is 1.49. The number of aliphatic hydroxyl groups excluding tert-OH is 1. The van der Waals surface area contributed by atoms with Crippen molar-refractivity contribution >= 4 is 37.4 Å². The van der Waals surface area contributed by atoms with E-state index in [0.29, 0.717) is 0 Å². The Hall–Kier alpha value is -0.450. The van der Waals surface area contributed by atoms with Crippen LogP contribution in [0.25, 0.3) is 10.1 Å². The lowest BCUT2D eigenvalue weighted by molar-refractivity contribution is 0.283. The first-order valence-corrected chi connectivity index (χ1v) is 5.30. The van der Waals surface area contributed by atoms with Gasteiger partial charge in [0.25, 0.3) is 0 Å². The van der Waals surface area contributed by atoms with Crippen LogP contribution in [0.4, 0.5) is 4.39 Å². The number of thiophene rings is 1. The monoisotopic (exact) mass is 260 g/mol. The van der Waals surface area contributed by atoms with Crippen molar-refractivity contribution in [2.75, 3.05) is 0 Å². The second-order valence-electron chi connectivity index (χ2n) is 2.66. The van der Waals surface area contributed by atoms with Gasteiger partial charge in [0.1, 0.15) is 0 Å². The van der Waals surface area contributed by atoms with E-state index in [1.165, 1.54) is 6.07 Å². The fraction of sp³-hybridized carbons (Fsp3) is 0.111. The third-order valence-electron chi connectivity index (χ3n) is 1.87. The van der Waals surface area contributed by atoms with Gasteiger partial charge in [0.2, 0.25) is 0 Å². The Kier molecular flexibility index (Phi) is 2.36. The lowest BCUT2D eigenvalue weighted by atomic mass is 10.1. The minimum atomic E-state index is -0.225. The highest BCUT2D eigenvalue weighted by molar-refractivity contribution is 9.10. The summed E-state index contributed by atoms with van der Waals surface area (Å²) in [5.41, 5.74) is 0.762. The molecule has 1 N–H and O–H groups in total. The van der Waals surface area contributed by atoms with E-state index in [1.54, 1.807) is 6.07 Å². The summed E-state index contributed by atoms with van der Waals surface area (Å²) in [6.45, 7) is -0.0556. The van der Waals surface area contributed by atoms with Crippen LogP contribution in [0.15, 0.2) is 22.7 Å². The number of halogens is 2. The summed E-state index contributed by atoms with van der Waals surface area (Å²) in [5.74, 6) is 0. The molecule has 2 rings (SSSR count). The van der Waals surface area contributed by atoms with Crippen molar-refractivity contribution in [1.29, 1.82) is 0 Å². The van der Waals surface area contributed by atoms with Gasteiger partial charge in [-0.3, -0.25) is 0 Å². The van der Waals surface area contributed by atoms with E-state index >= 15 is 0 Å². The third-order valence-corrected chi connectivity index (χ3v) is 3.75. The molecular weight excluding hydrogens is 255 g/mol. The van der Waals surface area contributed by atoms with Crippen LogP contribution in [0.3, 0.4) is 0 Å². The summed E-state index contributed by atoms with van der Waals surface area (Å²) in [7, 11) is 0. The van der Waals surface area contributed by atoms with E-state index in [2.05, 4.69) is 15.9 Å². The summed E-state index contributed by atoms with van der Waals surface area (Å²) in [5, 5.41) is 9.57. The highest BCUT2D eigenvalue weighted by Crippen LogP contribution is 2.33. The van der Waals surface area contributed by atoms with Crippen LogP contribution < -0.4 is 0 Å². The number of hydrogen-bond acceptors (Lipinski definition) is 2. The van der Waals surface area contributed by atoms with Gasteiger partial charge in [0.05, 0.1) is 11.3 Å². The van der Waals surface area contributed by atoms with E-state index in [1.807, 2.05) is 6.07 Å². The molecule has 68 valence electrons. The van der Waals surface area contributed by atoms with Crippen LogP contribution in [0.1, 0.15) is 5.56 Å². The van der Waals surface area contributed by atoms with E-state index < -0.39 is 0 Å². The molecule has 0 aliphatic rings. The Morgan fingerprint density at radius 1 is 1.46 bits per heavy atom. The first-order valence-electron chi connectivity index (χ1n) is 3.69. The van der Waals surface area contributed by atoms with Crippen LogP contribution in [0.2, 0.25) is 0 Å². The fourth-order valence-electron chi connectivity index (χ4n) is 1.25. The van der Waals surface area contributed by atoms with Gasteiger partial charge in [-0.2, -0.15) is 4.39 Å². The molecule has 0 saturated heterocycles. The van der Waals surface area contributed by atoms with Crippen molar-refractivity contribution in [3.8, 4) is 0 Å². The minimum absolute atomic E-state index is 0.0556. The van der Waals surface area contributed by atoms with Crippen molar-refractivity contribution in [2.24, 2.45) is 0 Å². The molecule has 0 saturated carbocycles. The quantitative estimate of drug-likeness (QED) is 0.835. The molecule has 0 radical (unpaired) electrons. The molecule has 1 aromatic heterocycles. The Labute approximate surface area is 86.9 Å². The largest absolute Gasteiger partial charge is 0.392 e. The van der Waals surface area contributed by atoms with E-state index in [-0.39, 0.29) is 11.7 Å². The molecule has 4 heteroatoms. The average molecular weight is 261 g/mol. The van der Waals surface area contributed by atoms with Gasteiger partial charge in [0.15, 0.2) is 5.13 Å². The first-order chi connectivity index (χ1) is 6.22. The number of benzene rings is 1. The van der Waals surface area contributed by atoms with Gasteiger partial charge in [-0.25, -0.2) is 0 Å². The van der Waals surface area contributed by atoms with E-state index in [4.69, 9.17) is 5.11 Å². The molecule has 0 amide bonds. The van der Waals surface area contributed by atoms with Crippen molar-refractivity contribution in [2.45, 2.75) is 6.61 Å². The second kappa shape index (κ2) is 3.36. The zero-order chi connectivity index (χ0) is 9.42. The SMILES string of the molecule is OCc1ccc(Br)c2sc(F)cc12. The minimum Gasteiger partial charge on any atom is -0.392 e. The Morgan fingerprint density at radius 3 is 2.92 bits per heavy atom. The second-order valence-corrected chi connectivity index (χ2v) is 4.51. The van der Waals surface area contributed by atoms with Gasteiger partial charge in [0, 0.05) is 9.86 Å². The molecule has 0 atom stereocenters. The van der Waals surface area contributed by atoms with E-state index in [9.17, 15) is 4.39 Å². The van der Waals surface area contributed by atoms with Gasteiger partial charge in [-0.05, 0) is 33.6 Å². The molecule has 1 heterocycles. The molecular formula is C9H6BrFOS. The van der Waals surface area contributed by atoms with Crippen LogP contribution in [0, 0.1) is 5.13 Å². The molecule has 0 bridgehead atoms. The van der Waals surface area contributed by atoms with Crippen molar-refractivity contribution in [3.63, 3.8) is 0 Å².